The number of hydrogen-bond donors (Lipinski definition) is 1. The fraction of sp³-hybridized carbons (Fsp3) is 0.529. The van der Waals surface area contributed by atoms with Gasteiger partial charge in [0.1, 0.15) is 6.04 Å². The molecular formula is C17H24N2O2. The Kier molecular flexibility index (Phi) is 5.37. The zero-order chi connectivity index (χ0) is 15.2. The van der Waals surface area contributed by atoms with E-state index in [1.165, 1.54) is 5.56 Å². The van der Waals surface area contributed by atoms with Gasteiger partial charge in [-0.15, -0.1) is 0 Å². The molecule has 0 spiro atoms. The topological polar surface area (TPSA) is 49.4 Å². The van der Waals surface area contributed by atoms with Crippen LogP contribution >= 0.6 is 0 Å². The Bertz CT molecular complexity index is 487. The Labute approximate surface area is 126 Å². The second kappa shape index (κ2) is 7.25. The first kappa shape index (κ1) is 15.5. The van der Waals surface area contributed by atoms with E-state index < -0.39 is 0 Å². The molecule has 1 fully saturated rings. The lowest BCUT2D eigenvalue weighted by Gasteiger charge is -2.30. The molecule has 0 saturated carbocycles. The zero-order valence-electron chi connectivity index (χ0n) is 12.8. The number of hydrogen-bond acceptors (Lipinski definition) is 2. The van der Waals surface area contributed by atoms with Gasteiger partial charge >= 0.3 is 0 Å². The molecule has 0 aromatic heterocycles. The van der Waals surface area contributed by atoms with Crippen LogP contribution in [0, 0.1) is 0 Å². The quantitative estimate of drug-likeness (QED) is 0.902. The Morgan fingerprint density at radius 3 is 2.67 bits per heavy atom. The van der Waals surface area contributed by atoms with Gasteiger partial charge in [-0.2, -0.15) is 0 Å². The average Bonchev–Trinajstić information content (AvgIpc) is 2.60. The molecule has 1 aromatic carbocycles. The number of nitrogens with one attached hydrogen (secondary N) is 1. The summed E-state index contributed by atoms with van der Waals surface area (Å²) in [5, 5.41) is 2.85. The number of carbonyl (C=O) groups is 2. The summed E-state index contributed by atoms with van der Waals surface area (Å²) in [6, 6.07) is 9.91. The van der Waals surface area contributed by atoms with Gasteiger partial charge in [-0.25, -0.2) is 0 Å². The predicted molar refractivity (Wildman–Crippen MR) is 82.8 cm³/mol. The van der Waals surface area contributed by atoms with Gasteiger partial charge < -0.3 is 10.2 Å². The van der Waals surface area contributed by atoms with Crippen molar-refractivity contribution in [2.75, 3.05) is 6.54 Å². The average molecular weight is 288 g/mol. The summed E-state index contributed by atoms with van der Waals surface area (Å²) in [4.78, 5) is 26.2. The van der Waals surface area contributed by atoms with Gasteiger partial charge in [-0.3, -0.25) is 9.59 Å². The minimum Gasteiger partial charge on any atom is -0.344 e. The summed E-state index contributed by atoms with van der Waals surface area (Å²) >= 11 is 0. The monoisotopic (exact) mass is 288 g/mol. The Morgan fingerprint density at radius 1 is 1.29 bits per heavy atom. The molecule has 1 aromatic rings. The van der Waals surface area contributed by atoms with E-state index in [-0.39, 0.29) is 23.9 Å². The van der Waals surface area contributed by atoms with Crippen molar-refractivity contribution in [2.24, 2.45) is 0 Å². The van der Waals surface area contributed by atoms with Crippen molar-refractivity contribution in [2.45, 2.75) is 51.6 Å². The minimum absolute atomic E-state index is 0.0174. The summed E-state index contributed by atoms with van der Waals surface area (Å²) in [6.45, 7) is 4.60. The van der Waals surface area contributed by atoms with Crippen LogP contribution < -0.4 is 5.32 Å². The highest BCUT2D eigenvalue weighted by Crippen LogP contribution is 2.15. The fourth-order valence-corrected chi connectivity index (χ4v) is 2.85. The fourth-order valence-electron chi connectivity index (χ4n) is 2.85. The molecule has 21 heavy (non-hydrogen) atoms. The Hall–Kier alpha value is -1.84. The third kappa shape index (κ3) is 4.06. The predicted octanol–water partition coefficient (Wildman–Crippen LogP) is 2.13. The molecule has 1 saturated heterocycles. The van der Waals surface area contributed by atoms with Gasteiger partial charge in [0.2, 0.25) is 11.8 Å². The smallest absolute Gasteiger partial charge is 0.245 e. The van der Waals surface area contributed by atoms with Crippen LogP contribution in [0.1, 0.15) is 38.7 Å². The third-order valence-electron chi connectivity index (χ3n) is 3.98. The van der Waals surface area contributed by atoms with E-state index in [2.05, 4.69) is 24.4 Å². The SMILES string of the molecule is CCCC1NC(=O)CCN(C(C)Cc2ccccc2)C1=O. The van der Waals surface area contributed by atoms with E-state index in [0.29, 0.717) is 19.4 Å². The molecule has 0 radical (unpaired) electrons. The molecule has 1 N–H and O–H groups in total. The van der Waals surface area contributed by atoms with Crippen LogP contribution in [0.4, 0.5) is 0 Å². The Morgan fingerprint density at radius 2 is 2.00 bits per heavy atom. The molecule has 0 aliphatic carbocycles. The molecular weight excluding hydrogens is 264 g/mol. The molecule has 2 amide bonds. The first-order valence-electron chi connectivity index (χ1n) is 7.75. The lowest BCUT2D eigenvalue weighted by Crippen LogP contribution is -2.48. The maximum atomic E-state index is 12.6. The van der Waals surface area contributed by atoms with Crippen LogP contribution in [-0.4, -0.2) is 35.3 Å². The summed E-state index contributed by atoms with van der Waals surface area (Å²) in [5.41, 5.74) is 1.22. The van der Waals surface area contributed by atoms with Gasteiger partial charge in [-0.05, 0) is 25.3 Å². The summed E-state index contributed by atoms with van der Waals surface area (Å²) < 4.78 is 0. The van der Waals surface area contributed by atoms with Gasteiger partial charge in [0.15, 0.2) is 0 Å². The van der Waals surface area contributed by atoms with Crippen molar-refractivity contribution >= 4 is 11.8 Å². The van der Waals surface area contributed by atoms with Crippen LogP contribution in [0.15, 0.2) is 30.3 Å². The number of benzene rings is 1. The standard InChI is InChI=1S/C17H24N2O2/c1-3-7-15-17(21)19(11-10-16(20)18-15)13(2)12-14-8-5-4-6-9-14/h4-6,8-9,13,15H,3,7,10-12H2,1-2H3,(H,18,20). The van der Waals surface area contributed by atoms with Crippen molar-refractivity contribution in [3.63, 3.8) is 0 Å². The lowest BCUT2D eigenvalue weighted by molar-refractivity contribution is -0.135. The van der Waals surface area contributed by atoms with E-state index in [1.54, 1.807) is 0 Å². The van der Waals surface area contributed by atoms with Crippen LogP contribution in [0.2, 0.25) is 0 Å². The Balaban J connectivity index is 2.08. The molecule has 1 aliphatic rings. The number of amides is 2. The largest absolute Gasteiger partial charge is 0.344 e. The molecule has 2 rings (SSSR count). The van der Waals surface area contributed by atoms with Crippen molar-refractivity contribution in [1.82, 2.24) is 10.2 Å². The maximum Gasteiger partial charge on any atom is 0.245 e. The molecule has 114 valence electrons. The highest BCUT2D eigenvalue weighted by Gasteiger charge is 2.31. The van der Waals surface area contributed by atoms with Crippen LogP contribution in [-0.2, 0) is 16.0 Å². The third-order valence-corrected chi connectivity index (χ3v) is 3.98. The van der Waals surface area contributed by atoms with Gasteiger partial charge in [0, 0.05) is 19.0 Å². The van der Waals surface area contributed by atoms with Gasteiger partial charge in [0.05, 0.1) is 0 Å². The number of nitrogens with zero attached hydrogens (tertiary/aromatic N) is 1. The second-order valence-electron chi connectivity index (χ2n) is 5.73. The van der Waals surface area contributed by atoms with E-state index >= 15 is 0 Å². The highest BCUT2D eigenvalue weighted by atomic mass is 16.2. The van der Waals surface area contributed by atoms with Crippen molar-refractivity contribution in [3.8, 4) is 0 Å². The van der Waals surface area contributed by atoms with Crippen molar-refractivity contribution in [1.29, 1.82) is 0 Å². The minimum atomic E-state index is -0.358. The lowest BCUT2D eigenvalue weighted by atomic mass is 10.0. The van der Waals surface area contributed by atoms with Gasteiger partial charge in [0.25, 0.3) is 0 Å². The second-order valence-corrected chi connectivity index (χ2v) is 5.73. The van der Waals surface area contributed by atoms with E-state index in [4.69, 9.17) is 0 Å². The molecule has 2 atom stereocenters. The van der Waals surface area contributed by atoms with E-state index in [9.17, 15) is 9.59 Å². The number of rotatable bonds is 5. The summed E-state index contributed by atoms with van der Waals surface area (Å²) in [5.74, 6) is 0.0438. The molecule has 1 heterocycles. The van der Waals surface area contributed by atoms with Gasteiger partial charge in [-0.1, -0.05) is 43.7 Å². The first-order valence-corrected chi connectivity index (χ1v) is 7.75. The van der Waals surface area contributed by atoms with Crippen LogP contribution in [0.3, 0.4) is 0 Å². The normalized spacial score (nSPS) is 20.9. The number of carbonyl (C=O) groups excluding carboxylic acids is 2. The van der Waals surface area contributed by atoms with E-state index in [1.807, 2.05) is 30.0 Å². The zero-order valence-corrected chi connectivity index (χ0v) is 12.8. The molecule has 4 heteroatoms. The summed E-state index contributed by atoms with van der Waals surface area (Å²) in [6.07, 6.45) is 2.81. The van der Waals surface area contributed by atoms with E-state index in [0.717, 1.165) is 12.8 Å². The molecule has 2 unspecified atom stereocenters. The maximum absolute atomic E-state index is 12.6. The van der Waals surface area contributed by atoms with Crippen LogP contribution in [0.5, 0.6) is 0 Å². The van der Waals surface area contributed by atoms with Crippen molar-refractivity contribution < 1.29 is 9.59 Å². The molecule has 1 aliphatic heterocycles. The highest BCUT2D eigenvalue weighted by molar-refractivity contribution is 5.90. The van der Waals surface area contributed by atoms with Crippen LogP contribution in [0.25, 0.3) is 0 Å². The first-order chi connectivity index (χ1) is 10.1. The summed E-state index contributed by atoms with van der Waals surface area (Å²) in [7, 11) is 0. The molecule has 0 bridgehead atoms. The molecule has 4 nitrogen and oxygen atoms in total. The van der Waals surface area contributed by atoms with Crippen molar-refractivity contribution in [3.05, 3.63) is 35.9 Å².